The summed E-state index contributed by atoms with van der Waals surface area (Å²) in [5, 5.41) is 2.25. The Balaban J connectivity index is 1.68. The molecule has 0 radical (unpaired) electrons. The van der Waals surface area contributed by atoms with E-state index >= 15 is 0 Å². The third-order valence-corrected chi connectivity index (χ3v) is 5.61. The predicted molar refractivity (Wildman–Crippen MR) is 127 cm³/mol. The van der Waals surface area contributed by atoms with E-state index < -0.39 is 17.8 Å². The summed E-state index contributed by atoms with van der Waals surface area (Å²) in [6.07, 6.45) is 1.88. The molecule has 0 aromatic heterocycles. The summed E-state index contributed by atoms with van der Waals surface area (Å²) in [6.45, 7) is 3.65. The van der Waals surface area contributed by atoms with E-state index in [9.17, 15) is 18.8 Å². The first kappa shape index (κ1) is 22.9. The molecule has 1 saturated heterocycles. The van der Waals surface area contributed by atoms with Crippen molar-refractivity contribution in [2.24, 2.45) is 0 Å². The number of hydrogen-bond donors (Lipinski definition) is 1. The number of benzene rings is 3. The summed E-state index contributed by atoms with van der Waals surface area (Å²) in [6, 6.07) is 16.2. The van der Waals surface area contributed by atoms with E-state index in [1.807, 2.05) is 25.1 Å². The van der Waals surface area contributed by atoms with Crippen LogP contribution in [0.1, 0.15) is 27.8 Å². The zero-order chi connectivity index (χ0) is 24.4. The van der Waals surface area contributed by atoms with Gasteiger partial charge < -0.3 is 4.74 Å². The lowest BCUT2D eigenvalue weighted by molar-refractivity contribution is -0.122. The highest BCUT2D eigenvalue weighted by atomic mass is 19.1. The second-order valence-corrected chi connectivity index (χ2v) is 8.13. The molecule has 1 N–H and O–H groups in total. The molecule has 6 nitrogen and oxygen atoms in total. The quantitative estimate of drug-likeness (QED) is 0.444. The minimum atomic E-state index is -0.788. The van der Waals surface area contributed by atoms with Gasteiger partial charge in [-0.25, -0.2) is 14.1 Å². The molecule has 3 aromatic rings. The smallest absolute Gasteiger partial charge is 0.335 e. The molecule has 172 valence electrons. The van der Waals surface area contributed by atoms with Crippen molar-refractivity contribution >= 4 is 29.6 Å². The Morgan fingerprint density at radius 2 is 1.79 bits per heavy atom. The lowest BCUT2D eigenvalue weighted by atomic mass is 10.00. The van der Waals surface area contributed by atoms with Crippen molar-refractivity contribution in [3.05, 3.63) is 99.9 Å². The van der Waals surface area contributed by atoms with Crippen LogP contribution in [0.5, 0.6) is 5.75 Å². The van der Waals surface area contributed by atoms with Gasteiger partial charge in [0.1, 0.15) is 17.1 Å². The van der Waals surface area contributed by atoms with Crippen LogP contribution in [0.3, 0.4) is 0 Å². The van der Waals surface area contributed by atoms with E-state index in [1.165, 1.54) is 25.3 Å². The lowest BCUT2D eigenvalue weighted by Crippen LogP contribution is -2.54. The molecule has 0 atom stereocenters. The number of barbiturate groups is 1. The number of amides is 4. The predicted octanol–water partition coefficient (Wildman–Crippen LogP) is 4.71. The number of nitrogens with zero attached hydrogens (tertiary/aromatic N) is 1. The number of imide groups is 2. The van der Waals surface area contributed by atoms with E-state index in [1.54, 1.807) is 37.3 Å². The number of rotatable bonds is 5. The summed E-state index contributed by atoms with van der Waals surface area (Å²) < 4.78 is 19.0. The van der Waals surface area contributed by atoms with Crippen LogP contribution in [0, 0.1) is 19.7 Å². The Bertz CT molecular complexity index is 1350. The molecule has 0 bridgehead atoms. The number of carbonyl (C=O) groups excluding carboxylic acids is 3. The van der Waals surface area contributed by atoms with Gasteiger partial charge in [0.25, 0.3) is 11.8 Å². The number of urea groups is 1. The van der Waals surface area contributed by atoms with Crippen molar-refractivity contribution in [3.8, 4) is 5.75 Å². The summed E-state index contributed by atoms with van der Waals surface area (Å²) in [5.74, 6) is -1.25. The minimum Gasteiger partial charge on any atom is -0.496 e. The largest absolute Gasteiger partial charge is 0.496 e. The van der Waals surface area contributed by atoms with Crippen molar-refractivity contribution in [1.29, 1.82) is 0 Å². The van der Waals surface area contributed by atoms with E-state index in [4.69, 9.17) is 4.74 Å². The molecule has 4 amide bonds. The number of nitrogens with one attached hydrogen (secondary N) is 1. The molecule has 0 aliphatic carbocycles. The van der Waals surface area contributed by atoms with Crippen molar-refractivity contribution in [1.82, 2.24) is 5.32 Å². The second kappa shape index (κ2) is 9.31. The van der Waals surface area contributed by atoms with Gasteiger partial charge in [-0.2, -0.15) is 0 Å². The number of halogens is 1. The van der Waals surface area contributed by atoms with Crippen LogP contribution >= 0.6 is 0 Å². The summed E-state index contributed by atoms with van der Waals surface area (Å²) in [5.41, 5.74) is 4.02. The van der Waals surface area contributed by atoms with Gasteiger partial charge in [-0.15, -0.1) is 0 Å². The molecule has 7 heteroatoms. The minimum absolute atomic E-state index is 0.166. The molecule has 0 unspecified atom stereocenters. The lowest BCUT2D eigenvalue weighted by Gasteiger charge is -2.27. The highest BCUT2D eigenvalue weighted by molar-refractivity contribution is 6.39. The molecule has 1 aliphatic heterocycles. The zero-order valence-electron chi connectivity index (χ0n) is 19.0. The molecule has 1 aliphatic rings. The molecule has 1 fully saturated rings. The number of hydrogen-bond acceptors (Lipinski definition) is 4. The van der Waals surface area contributed by atoms with Gasteiger partial charge in [-0.3, -0.25) is 14.9 Å². The standard InChI is InChI=1S/C27H23FN2O4/c1-16-7-8-17(2)23(11-16)30-26(32)22(25(31)29-27(30)33)14-19-9-10-20(24(15-19)34-3)12-18-5-4-6-21(28)13-18/h4-11,13-15H,12H2,1-3H3,(H,29,31,33)/b22-14+. The van der Waals surface area contributed by atoms with Crippen molar-refractivity contribution in [2.75, 3.05) is 12.0 Å². The van der Waals surface area contributed by atoms with Gasteiger partial charge in [0, 0.05) is 6.42 Å². The van der Waals surface area contributed by atoms with Crippen LogP contribution in [-0.4, -0.2) is 25.0 Å². The molecule has 34 heavy (non-hydrogen) atoms. The van der Waals surface area contributed by atoms with E-state index in [2.05, 4.69) is 5.32 Å². The fourth-order valence-corrected chi connectivity index (χ4v) is 3.87. The zero-order valence-corrected chi connectivity index (χ0v) is 19.0. The molecule has 1 heterocycles. The third-order valence-electron chi connectivity index (χ3n) is 5.61. The Hall–Kier alpha value is -4.26. The van der Waals surface area contributed by atoms with Gasteiger partial charge in [0.05, 0.1) is 12.8 Å². The Morgan fingerprint density at radius 1 is 1.00 bits per heavy atom. The number of anilines is 1. The molecule has 4 rings (SSSR count). The molecule has 3 aromatic carbocycles. The van der Waals surface area contributed by atoms with Crippen LogP contribution in [-0.2, 0) is 16.0 Å². The van der Waals surface area contributed by atoms with Crippen LogP contribution < -0.4 is 15.0 Å². The van der Waals surface area contributed by atoms with Gasteiger partial charge in [-0.05, 0) is 72.0 Å². The summed E-state index contributed by atoms with van der Waals surface area (Å²) in [4.78, 5) is 39.2. The first-order valence-electron chi connectivity index (χ1n) is 10.7. The van der Waals surface area contributed by atoms with Gasteiger partial charge in [0.15, 0.2) is 0 Å². The number of carbonyl (C=O) groups is 3. The topological polar surface area (TPSA) is 75.7 Å². The Labute approximate surface area is 196 Å². The Morgan fingerprint density at radius 3 is 2.53 bits per heavy atom. The van der Waals surface area contributed by atoms with Crippen LogP contribution in [0.4, 0.5) is 14.9 Å². The van der Waals surface area contributed by atoms with E-state index in [0.717, 1.165) is 27.2 Å². The van der Waals surface area contributed by atoms with Crippen molar-refractivity contribution < 1.29 is 23.5 Å². The third kappa shape index (κ3) is 4.59. The average Bonchev–Trinajstić information content (AvgIpc) is 2.79. The summed E-state index contributed by atoms with van der Waals surface area (Å²) >= 11 is 0. The monoisotopic (exact) mass is 458 g/mol. The van der Waals surface area contributed by atoms with Crippen molar-refractivity contribution in [2.45, 2.75) is 20.3 Å². The molecular formula is C27H23FN2O4. The van der Waals surface area contributed by atoms with Gasteiger partial charge in [0.2, 0.25) is 0 Å². The molecular weight excluding hydrogens is 435 g/mol. The SMILES string of the molecule is COc1cc(/C=C2\C(=O)NC(=O)N(c3cc(C)ccc3C)C2=O)ccc1Cc1cccc(F)c1. The number of methoxy groups -OCH3 is 1. The van der Waals surface area contributed by atoms with E-state index in [-0.39, 0.29) is 11.4 Å². The maximum absolute atomic E-state index is 13.5. The molecule has 0 spiro atoms. The summed E-state index contributed by atoms with van der Waals surface area (Å²) in [7, 11) is 1.51. The fourth-order valence-electron chi connectivity index (χ4n) is 3.87. The van der Waals surface area contributed by atoms with Crippen LogP contribution in [0.2, 0.25) is 0 Å². The second-order valence-electron chi connectivity index (χ2n) is 8.13. The highest BCUT2D eigenvalue weighted by Crippen LogP contribution is 2.28. The highest BCUT2D eigenvalue weighted by Gasteiger charge is 2.37. The normalized spacial score (nSPS) is 15.0. The molecule has 0 saturated carbocycles. The van der Waals surface area contributed by atoms with Crippen LogP contribution in [0.25, 0.3) is 6.08 Å². The van der Waals surface area contributed by atoms with Crippen LogP contribution in [0.15, 0.2) is 66.2 Å². The first-order valence-corrected chi connectivity index (χ1v) is 10.7. The first-order chi connectivity index (χ1) is 16.3. The van der Waals surface area contributed by atoms with Gasteiger partial charge >= 0.3 is 6.03 Å². The number of aryl methyl sites for hydroxylation is 2. The van der Waals surface area contributed by atoms with Gasteiger partial charge in [-0.1, -0.05) is 36.4 Å². The fraction of sp³-hybridized carbons (Fsp3) is 0.148. The number of ether oxygens (including phenoxy) is 1. The maximum Gasteiger partial charge on any atom is 0.335 e. The maximum atomic E-state index is 13.5. The van der Waals surface area contributed by atoms with E-state index in [0.29, 0.717) is 23.4 Å². The Kier molecular flexibility index (Phi) is 6.27. The van der Waals surface area contributed by atoms with Crippen molar-refractivity contribution in [3.63, 3.8) is 0 Å². The average molecular weight is 458 g/mol.